The van der Waals surface area contributed by atoms with Gasteiger partial charge in [0.1, 0.15) is 0 Å². The van der Waals surface area contributed by atoms with E-state index < -0.39 is 0 Å². The summed E-state index contributed by atoms with van der Waals surface area (Å²) in [7, 11) is 0. The van der Waals surface area contributed by atoms with Gasteiger partial charge in [-0.1, -0.05) is 17.7 Å². The van der Waals surface area contributed by atoms with Crippen molar-refractivity contribution in [2.45, 2.75) is 4.90 Å². The van der Waals surface area contributed by atoms with Crippen LogP contribution in [0.5, 0.6) is 0 Å². The molecule has 0 saturated carbocycles. The van der Waals surface area contributed by atoms with Gasteiger partial charge >= 0.3 is 0 Å². The van der Waals surface area contributed by atoms with E-state index in [2.05, 4.69) is 21.2 Å². The molecule has 0 saturated heterocycles. The third kappa shape index (κ3) is 3.75. The summed E-state index contributed by atoms with van der Waals surface area (Å²) in [5, 5.41) is 3.46. The number of nitrogens with one attached hydrogen (secondary N) is 1. The van der Waals surface area contributed by atoms with Crippen LogP contribution in [0.2, 0.25) is 5.02 Å². The van der Waals surface area contributed by atoms with Crippen molar-refractivity contribution in [2.75, 3.05) is 11.6 Å². The maximum absolute atomic E-state index is 12.2. The minimum absolute atomic E-state index is 0.165. The number of halogens is 2. The van der Waals surface area contributed by atoms with Gasteiger partial charge in [-0.15, -0.1) is 11.8 Å². The van der Waals surface area contributed by atoms with Gasteiger partial charge < -0.3 is 5.32 Å². The average Bonchev–Trinajstić information content (AvgIpc) is 2.38. The van der Waals surface area contributed by atoms with E-state index in [1.807, 2.05) is 30.5 Å². The predicted molar refractivity (Wildman–Crippen MR) is 85.3 cm³/mol. The zero-order valence-corrected chi connectivity index (χ0v) is 13.3. The molecule has 0 unspecified atom stereocenters. The molecule has 0 bridgehead atoms. The van der Waals surface area contributed by atoms with E-state index in [1.54, 1.807) is 30.0 Å². The van der Waals surface area contributed by atoms with E-state index in [1.165, 1.54) is 0 Å². The Morgan fingerprint density at radius 2 is 2.05 bits per heavy atom. The number of hydrogen-bond donors (Lipinski definition) is 1. The number of rotatable bonds is 3. The summed E-state index contributed by atoms with van der Waals surface area (Å²) < 4.78 is 0.679. The third-order valence-corrected chi connectivity index (χ3v) is 4.12. The van der Waals surface area contributed by atoms with E-state index in [0.717, 1.165) is 10.6 Å². The van der Waals surface area contributed by atoms with Crippen LogP contribution in [-0.2, 0) is 0 Å². The average molecular weight is 357 g/mol. The Morgan fingerprint density at radius 1 is 1.26 bits per heavy atom. The summed E-state index contributed by atoms with van der Waals surface area (Å²) in [6.07, 6.45) is 2.00. The fourth-order valence-corrected chi connectivity index (χ4v) is 2.90. The van der Waals surface area contributed by atoms with E-state index in [4.69, 9.17) is 11.6 Å². The van der Waals surface area contributed by atoms with Gasteiger partial charge in [0.15, 0.2) is 0 Å². The summed E-state index contributed by atoms with van der Waals surface area (Å²) in [6.45, 7) is 0. The molecular formula is C14H11BrClNOS. The van der Waals surface area contributed by atoms with E-state index >= 15 is 0 Å². The van der Waals surface area contributed by atoms with Crippen molar-refractivity contribution in [1.82, 2.24) is 0 Å². The molecule has 1 N–H and O–H groups in total. The highest BCUT2D eigenvalue weighted by molar-refractivity contribution is 9.10. The standard InChI is InChI=1S/C14H11BrClNOS/c1-19-11-4-2-3-10(8-11)17-14(18)12-6-5-9(16)7-13(12)15/h2-8H,1H3,(H,17,18). The van der Waals surface area contributed by atoms with Gasteiger partial charge in [-0.3, -0.25) is 4.79 Å². The molecule has 2 nitrogen and oxygen atoms in total. The van der Waals surface area contributed by atoms with Gasteiger partial charge in [-0.2, -0.15) is 0 Å². The minimum atomic E-state index is -0.165. The number of thioether (sulfide) groups is 1. The Bertz CT molecular complexity index is 618. The van der Waals surface area contributed by atoms with Crippen molar-refractivity contribution in [3.8, 4) is 0 Å². The lowest BCUT2D eigenvalue weighted by Gasteiger charge is -2.08. The highest BCUT2D eigenvalue weighted by atomic mass is 79.9. The number of anilines is 1. The van der Waals surface area contributed by atoms with Crippen LogP contribution in [0.1, 0.15) is 10.4 Å². The molecule has 0 aliphatic rings. The van der Waals surface area contributed by atoms with Crippen LogP contribution in [0.15, 0.2) is 51.8 Å². The molecule has 0 aromatic heterocycles. The fraction of sp³-hybridized carbons (Fsp3) is 0.0714. The third-order valence-electron chi connectivity index (χ3n) is 2.50. The lowest BCUT2D eigenvalue weighted by Crippen LogP contribution is -2.12. The van der Waals surface area contributed by atoms with Gasteiger partial charge in [0.05, 0.1) is 5.56 Å². The maximum Gasteiger partial charge on any atom is 0.256 e. The van der Waals surface area contributed by atoms with Gasteiger partial charge in [-0.05, 0) is 58.6 Å². The summed E-state index contributed by atoms with van der Waals surface area (Å²) in [4.78, 5) is 13.3. The summed E-state index contributed by atoms with van der Waals surface area (Å²) >= 11 is 10.8. The van der Waals surface area contributed by atoms with Crippen LogP contribution in [0.3, 0.4) is 0 Å². The Balaban J connectivity index is 2.20. The quantitative estimate of drug-likeness (QED) is 0.777. The van der Waals surface area contributed by atoms with E-state index in [9.17, 15) is 4.79 Å². The van der Waals surface area contributed by atoms with Crippen LogP contribution in [0, 0.1) is 0 Å². The van der Waals surface area contributed by atoms with Crippen LogP contribution in [-0.4, -0.2) is 12.2 Å². The fourth-order valence-electron chi connectivity index (χ4n) is 1.57. The van der Waals surface area contributed by atoms with Crippen LogP contribution in [0.25, 0.3) is 0 Å². The monoisotopic (exact) mass is 355 g/mol. The van der Waals surface area contributed by atoms with Gasteiger partial charge in [-0.25, -0.2) is 0 Å². The first-order chi connectivity index (χ1) is 9.10. The van der Waals surface area contributed by atoms with Crippen molar-refractivity contribution < 1.29 is 4.79 Å². The first kappa shape index (κ1) is 14.4. The van der Waals surface area contributed by atoms with Crippen LogP contribution >= 0.6 is 39.3 Å². The molecule has 5 heteroatoms. The number of carbonyl (C=O) groups is 1. The number of carbonyl (C=O) groups excluding carboxylic acids is 1. The molecule has 2 rings (SSSR count). The molecule has 0 aliphatic carbocycles. The lowest BCUT2D eigenvalue weighted by molar-refractivity contribution is 0.102. The molecule has 0 atom stereocenters. The Hall–Kier alpha value is -0.970. The largest absolute Gasteiger partial charge is 0.322 e. The molecule has 0 heterocycles. The SMILES string of the molecule is CSc1cccc(NC(=O)c2ccc(Cl)cc2Br)c1. The van der Waals surface area contributed by atoms with Crippen molar-refractivity contribution >= 4 is 50.9 Å². The summed E-state index contributed by atoms with van der Waals surface area (Å²) in [5.41, 5.74) is 1.33. The topological polar surface area (TPSA) is 29.1 Å². The molecule has 19 heavy (non-hydrogen) atoms. The molecule has 0 radical (unpaired) electrons. The molecule has 0 aliphatic heterocycles. The smallest absolute Gasteiger partial charge is 0.256 e. The summed E-state index contributed by atoms with van der Waals surface area (Å²) in [6, 6.07) is 12.8. The van der Waals surface area contributed by atoms with Crippen molar-refractivity contribution in [3.63, 3.8) is 0 Å². The first-order valence-electron chi connectivity index (χ1n) is 5.50. The van der Waals surface area contributed by atoms with Crippen LogP contribution < -0.4 is 5.32 Å². The molecule has 2 aromatic carbocycles. The zero-order valence-electron chi connectivity index (χ0n) is 10.1. The highest BCUT2D eigenvalue weighted by Gasteiger charge is 2.10. The molecular weight excluding hydrogens is 346 g/mol. The predicted octanol–water partition coefficient (Wildman–Crippen LogP) is 5.08. The molecule has 0 fully saturated rings. The van der Waals surface area contributed by atoms with Crippen molar-refractivity contribution in [1.29, 1.82) is 0 Å². The number of hydrogen-bond acceptors (Lipinski definition) is 2. The second-order valence-electron chi connectivity index (χ2n) is 3.81. The lowest BCUT2D eigenvalue weighted by atomic mass is 10.2. The van der Waals surface area contributed by atoms with Crippen LogP contribution in [0.4, 0.5) is 5.69 Å². The Morgan fingerprint density at radius 3 is 2.74 bits per heavy atom. The Labute approximate surface area is 129 Å². The zero-order chi connectivity index (χ0) is 13.8. The highest BCUT2D eigenvalue weighted by Crippen LogP contribution is 2.24. The van der Waals surface area contributed by atoms with Gasteiger partial charge in [0.2, 0.25) is 0 Å². The molecule has 1 amide bonds. The van der Waals surface area contributed by atoms with E-state index in [-0.39, 0.29) is 5.91 Å². The molecule has 0 spiro atoms. The second kappa shape index (κ2) is 6.46. The van der Waals surface area contributed by atoms with Gasteiger partial charge in [0.25, 0.3) is 5.91 Å². The second-order valence-corrected chi connectivity index (χ2v) is 5.98. The molecule has 2 aromatic rings. The van der Waals surface area contributed by atoms with Gasteiger partial charge in [0, 0.05) is 20.1 Å². The van der Waals surface area contributed by atoms with E-state index in [0.29, 0.717) is 15.1 Å². The number of benzene rings is 2. The van der Waals surface area contributed by atoms with Crippen molar-refractivity contribution in [3.05, 3.63) is 57.5 Å². The Kier molecular flexibility index (Phi) is 4.91. The van der Waals surface area contributed by atoms with Crippen molar-refractivity contribution in [2.24, 2.45) is 0 Å². The first-order valence-corrected chi connectivity index (χ1v) is 7.90. The summed E-state index contributed by atoms with van der Waals surface area (Å²) in [5.74, 6) is -0.165. The minimum Gasteiger partial charge on any atom is -0.322 e. The number of amides is 1. The maximum atomic E-state index is 12.2. The molecule has 98 valence electrons. The normalized spacial score (nSPS) is 10.3.